The minimum atomic E-state index is -0.0972. The fourth-order valence-electron chi connectivity index (χ4n) is 2.45. The van der Waals surface area contributed by atoms with Gasteiger partial charge in [-0.05, 0) is 30.2 Å². The molecule has 0 aliphatic carbocycles. The minimum absolute atomic E-state index is 0.0972. The highest BCUT2D eigenvalue weighted by atomic mass is 32.2. The van der Waals surface area contributed by atoms with E-state index in [2.05, 4.69) is 12.1 Å². The van der Waals surface area contributed by atoms with E-state index in [0.29, 0.717) is 0 Å². The van der Waals surface area contributed by atoms with Crippen LogP contribution in [0.1, 0.15) is 17.3 Å². The van der Waals surface area contributed by atoms with Crippen molar-refractivity contribution in [2.24, 2.45) is 0 Å². The van der Waals surface area contributed by atoms with Gasteiger partial charge in [0.1, 0.15) is 0 Å². The van der Waals surface area contributed by atoms with Gasteiger partial charge < -0.3 is 0 Å². The number of ketones is 1. The van der Waals surface area contributed by atoms with Crippen LogP contribution in [0.15, 0.2) is 89.8 Å². The smallest absolute Gasteiger partial charge is 0.175 e. The Morgan fingerprint density at radius 3 is 1.87 bits per heavy atom. The first kappa shape index (κ1) is 15.6. The van der Waals surface area contributed by atoms with Gasteiger partial charge in [-0.25, -0.2) is 0 Å². The molecule has 0 fully saturated rings. The van der Waals surface area contributed by atoms with E-state index in [1.807, 2.05) is 79.7 Å². The second-order valence-electron chi connectivity index (χ2n) is 5.38. The summed E-state index contributed by atoms with van der Waals surface area (Å²) in [5, 5.41) is -0.0972. The van der Waals surface area contributed by atoms with Gasteiger partial charge in [0.05, 0.1) is 5.25 Å². The first-order chi connectivity index (χ1) is 11.2. The molecule has 0 heterocycles. The van der Waals surface area contributed by atoms with Crippen LogP contribution in [0.25, 0.3) is 11.1 Å². The number of rotatable bonds is 5. The topological polar surface area (TPSA) is 17.1 Å². The lowest BCUT2D eigenvalue weighted by atomic mass is 10.0. The van der Waals surface area contributed by atoms with Gasteiger partial charge in [-0.15, -0.1) is 11.8 Å². The van der Waals surface area contributed by atoms with E-state index < -0.39 is 0 Å². The number of carbonyl (C=O) groups excluding carboxylic acids is 1. The Kier molecular flexibility index (Phi) is 4.94. The first-order valence-corrected chi connectivity index (χ1v) is 8.53. The van der Waals surface area contributed by atoms with Gasteiger partial charge in [0.15, 0.2) is 5.78 Å². The average molecular weight is 318 g/mol. The molecule has 1 nitrogen and oxygen atoms in total. The van der Waals surface area contributed by atoms with Crippen LogP contribution >= 0.6 is 11.8 Å². The molecule has 3 rings (SSSR count). The molecule has 3 aromatic carbocycles. The molecule has 23 heavy (non-hydrogen) atoms. The summed E-state index contributed by atoms with van der Waals surface area (Å²) in [5.41, 5.74) is 3.06. The van der Waals surface area contributed by atoms with Gasteiger partial charge in [-0.3, -0.25) is 4.79 Å². The number of carbonyl (C=O) groups is 1. The fourth-order valence-corrected chi connectivity index (χ4v) is 3.41. The van der Waals surface area contributed by atoms with Crippen LogP contribution in [0.4, 0.5) is 0 Å². The van der Waals surface area contributed by atoms with Crippen LogP contribution in [0.3, 0.4) is 0 Å². The van der Waals surface area contributed by atoms with Gasteiger partial charge in [0, 0.05) is 10.5 Å². The van der Waals surface area contributed by atoms with E-state index in [4.69, 9.17) is 0 Å². The third-order valence-electron chi connectivity index (χ3n) is 3.70. The molecule has 0 spiro atoms. The second-order valence-corrected chi connectivity index (χ2v) is 6.79. The zero-order valence-corrected chi connectivity index (χ0v) is 13.8. The number of hydrogen-bond acceptors (Lipinski definition) is 2. The zero-order chi connectivity index (χ0) is 16.1. The van der Waals surface area contributed by atoms with Crippen LogP contribution in [0.2, 0.25) is 0 Å². The van der Waals surface area contributed by atoms with Gasteiger partial charge >= 0.3 is 0 Å². The maximum Gasteiger partial charge on any atom is 0.175 e. The highest BCUT2D eigenvalue weighted by Crippen LogP contribution is 2.26. The number of hydrogen-bond donors (Lipinski definition) is 0. The van der Waals surface area contributed by atoms with Gasteiger partial charge in [0.2, 0.25) is 0 Å². The van der Waals surface area contributed by atoms with Crippen molar-refractivity contribution in [2.45, 2.75) is 17.1 Å². The largest absolute Gasteiger partial charge is 0.293 e. The molecule has 0 aliphatic heterocycles. The van der Waals surface area contributed by atoms with Crippen LogP contribution in [0, 0.1) is 0 Å². The molecule has 0 saturated carbocycles. The van der Waals surface area contributed by atoms with Crippen molar-refractivity contribution in [1.82, 2.24) is 0 Å². The van der Waals surface area contributed by atoms with E-state index in [1.165, 1.54) is 5.56 Å². The summed E-state index contributed by atoms with van der Waals surface area (Å²) < 4.78 is 0. The van der Waals surface area contributed by atoms with Gasteiger partial charge in [-0.1, -0.05) is 72.8 Å². The molecule has 3 aromatic rings. The lowest BCUT2D eigenvalue weighted by Crippen LogP contribution is -2.13. The predicted octanol–water partition coefficient (Wildman–Crippen LogP) is 5.72. The summed E-state index contributed by atoms with van der Waals surface area (Å²) in [5.74, 6) is 0.165. The average Bonchev–Trinajstić information content (AvgIpc) is 2.63. The SMILES string of the molecule is C[C@H](Sc1ccccc1)C(=O)c1ccc(-c2ccccc2)cc1. The van der Waals surface area contributed by atoms with Crippen molar-refractivity contribution < 1.29 is 4.79 Å². The maximum atomic E-state index is 12.6. The summed E-state index contributed by atoms with van der Waals surface area (Å²) in [6.45, 7) is 1.96. The van der Waals surface area contributed by atoms with Crippen LogP contribution in [-0.4, -0.2) is 11.0 Å². The van der Waals surface area contributed by atoms with Crippen molar-refractivity contribution in [2.75, 3.05) is 0 Å². The minimum Gasteiger partial charge on any atom is -0.293 e. The molecule has 0 saturated heterocycles. The van der Waals surface area contributed by atoms with Gasteiger partial charge in [0.25, 0.3) is 0 Å². The number of Topliss-reactive ketones (excluding diaryl/α,β-unsaturated/α-hetero) is 1. The van der Waals surface area contributed by atoms with E-state index in [1.54, 1.807) is 11.8 Å². The lowest BCUT2D eigenvalue weighted by molar-refractivity contribution is 0.0994. The van der Waals surface area contributed by atoms with Crippen molar-refractivity contribution >= 4 is 17.5 Å². The summed E-state index contributed by atoms with van der Waals surface area (Å²) in [7, 11) is 0. The van der Waals surface area contributed by atoms with Crippen LogP contribution in [-0.2, 0) is 0 Å². The van der Waals surface area contributed by atoms with Gasteiger partial charge in [-0.2, -0.15) is 0 Å². The number of thioether (sulfide) groups is 1. The summed E-state index contributed by atoms with van der Waals surface area (Å²) in [4.78, 5) is 13.7. The highest BCUT2D eigenvalue weighted by Gasteiger charge is 2.16. The molecule has 1 atom stereocenters. The maximum absolute atomic E-state index is 12.6. The lowest BCUT2D eigenvalue weighted by Gasteiger charge is -2.11. The third kappa shape index (κ3) is 3.91. The van der Waals surface area contributed by atoms with Crippen LogP contribution in [0.5, 0.6) is 0 Å². The summed E-state index contributed by atoms with van der Waals surface area (Å²) in [6.07, 6.45) is 0. The highest BCUT2D eigenvalue weighted by molar-refractivity contribution is 8.00. The molecule has 0 amide bonds. The number of benzene rings is 3. The monoisotopic (exact) mass is 318 g/mol. The Labute approximate surface area is 141 Å². The van der Waals surface area contributed by atoms with Crippen molar-refractivity contribution in [3.8, 4) is 11.1 Å². The van der Waals surface area contributed by atoms with E-state index in [0.717, 1.165) is 16.0 Å². The predicted molar refractivity (Wildman–Crippen MR) is 98.0 cm³/mol. The first-order valence-electron chi connectivity index (χ1n) is 7.65. The molecule has 0 unspecified atom stereocenters. The molecule has 0 N–H and O–H groups in total. The normalized spacial score (nSPS) is 11.9. The molecule has 2 heteroatoms. The third-order valence-corrected chi connectivity index (χ3v) is 4.81. The Balaban J connectivity index is 1.72. The van der Waals surface area contributed by atoms with E-state index in [9.17, 15) is 4.79 Å². The van der Waals surface area contributed by atoms with Crippen LogP contribution < -0.4 is 0 Å². The van der Waals surface area contributed by atoms with E-state index in [-0.39, 0.29) is 11.0 Å². The molecule has 114 valence electrons. The molecular weight excluding hydrogens is 300 g/mol. The van der Waals surface area contributed by atoms with Crippen molar-refractivity contribution in [1.29, 1.82) is 0 Å². The fraction of sp³-hybridized carbons (Fsp3) is 0.0952. The summed E-state index contributed by atoms with van der Waals surface area (Å²) in [6, 6.07) is 28.1. The Morgan fingerprint density at radius 2 is 1.26 bits per heavy atom. The Bertz CT molecular complexity index is 764. The molecule has 0 aliphatic rings. The zero-order valence-electron chi connectivity index (χ0n) is 13.0. The Hall–Kier alpha value is -2.32. The second kappa shape index (κ2) is 7.30. The molecule has 0 bridgehead atoms. The molecule has 0 aromatic heterocycles. The standard InChI is InChI=1S/C21H18OS/c1-16(23-20-10-6-3-7-11-20)21(22)19-14-12-18(13-15-19)17-8-4-2-5-9-17/h2-16H,1H3/t16-/m0/s1. The molecular formula is C21H18OS. The quantitative estimate of drug-likeness (QED) is 0.442. The van der Waals surface area contributed by atoms with E-state index >= 15 is 0 Å². The molecule has 0 radical (unpaired) electrons. The summed E-state index contributed by atoms with van der Waals surface area (Å²) >= 11 is 1.60. The van der Waals surface area contributed by atoms with Crippen molar-refractivity contribution in [3.63, 3.8) is 0 Å². The van der Waals surface area contributed by atoms with Crippen molar-refractivity contribution in [3.05, 3.63) is 90.5 Å². The Morgan fingerprint density at radius 1 is 0.739 bits per heavy atom.